The van der Waals surface area contributed by atoms with Crippen LogP contribution in [0.3, 0.4) is 0 Å². The van der Waals surface area contributed by atoms with Gasteiger partial charge in [-0.15, -0.1) is 0 Å². The van der Waals surface area contributed by atoms with Crippen LogP contribution in [0, 0.1) is 0 Å². The number of rotatable bonds is 10. The van der Waals surface area contributed by atoms with Crippen molar-refractivity contribution >= 4 is 63.7 Å². The third kappa shape index (κ3) is 9.34. The van der Waals surface area contributed by atoms with Crippen LogP contribution in [0.5, 0.6) is 5.75 Å². The molecular formula is C19H24Br5NO2. The van der Waals surface area contributed by atoms with Gasteiger partial charge in [-0.2, -0.15) is 0 Å². The number of hydrogen-bond acceptors (Lipinski definition) is 2. The van der Waals surface area contributed by atoms with E-state index in [1.54, 1.807) is 0 Å². The Balaban J connectivity index is 0.00000364. The molecule has 27 heavy (non-hydrogen) atoms. The van der Waals surface area contributed by atoms with Gasteiger partial charge in [0.1, 0.15) is 12.3 Å². The van der Waals surface area contributed by atoms with Crippen molar-refractivity contribution in [3.05, 3.63) is 48.1 Å². The lowest BCUT2D eigenvalue weighted by atomic mass is 10.2. The maximum Gasteiger partial charge on any atom is 0.169 e. The highest BCUT2D eigenvalue weighted by Gasteiger charge is 2.17. The number of furan rings is 1. The number of hydrogen-bond donors (Lipinski definition) is 0. The van der Waals surface area contributed by atoms with E-state index in [1.165, 1.54) is 19.3 Å². The van der Waals surface area contributed by atoms with Crippen LogP contribution >= 0.6 is 63.7 Å². The van der Waals surface area contributed by atoms with Crippen LogP contribution in [0.15, 0.2) is 46.8 Å². The molecule has 0 fully saturated rings. The van der Waals surface area contributed by atoms with Gasteiger partial charge in [-0.1, -0.05) is 15.9 Å². The molecule has 0 aliphatic carbocycles. The van der Waals surface area contributed by atoms with Gasteiger partial charge in [-0.3, -0.25) is 0 Å². The molecular weight excluding hydrogens is 674 g/mol. The highest BCUT2D eigenvalue weighted by molar-refractivity contribution is 9.11. The number of benzene rings is 1. The minimum Gasteiger partial charge on any atom is -1.00 e. The zero-order chi connectivity index (χ0) is 19.2. The van der Waals surface area contributed by atoms with E-state index in [2.05, 4.69) is 77.8 Å². The fraction of sp³-hybridized carbons (Fsp3) is 0.474. The summed E-state index contributed by atoms with van der Waals surface area (Å²) in [5, 5.41) is 0. The van der Waals surface area contributed by atoms with E-state index in [0.29, 0.717) is 0 Å². The molecule has 1 aromatic heterocycles. The topological polar surface area (TPSA) is 22.4 Å². The predicted molar refractivity (Wildman–Crippen MR) is 121 cm³/mol. The SMILES string of the molecule is C[N+](C)(CCCCCCOc1c(Br)cc(Br)cc1Br)Cc1ccc(Br)o1.[Br-]. The summed E-state index contributed by atoms with van der Waals surface area (Å²) in [5.74, 6) is 1.90. The number of halogens is 5. The Kier molecular flexibility index (Phi) is 11.8. The molecule has 0 spiro atoms. The molecule has 152 valence electrons. The van der Waals surface area contributed by atoms with Crippen molar-refractivity contribution in [2.75, 3.05) is 27.2 Å². The Labute approximate surface area is 206 Å². The molecule has 0 bridgehead atoms. The van der Waals surface area contributed by atoms with Gasteiger partial charge in [0.15, 0.2) is 10.4 Å². The quantitative estimate of drug-likeness (QED) is 0.269. The van der Waals surface area contributed by atoms with E-state index in [9.17, 15) is 0 Å². The third-order valence-electron chi connectivity index (χ3n) is 4.08. The molecule has 3 nitrogen and oxygen atoms in total. The second-order valence-electron chi connectivity index (χ2n) is 6.98. The molecule has 1 aromatic carbocycles. The molecule has 0 radical (unpaired) electrons. The average Bonchev–Trinajstić information content (AvgIpc) is 2.92. The molecule has 8 heteroatoms. The Hall–Kier alpha value is 0.660. The molecule has 0 aliphatic heterocycles. The minimum absolute atomic E-state index is 0. The van der Waals surface area contributed by atoms with Gasteiger partial charge in [-0.05, 0) is 97.7 Å². The standard InChI is InChI=1S/C19H24Br4NO2.BrH/c1-24(2,13-15-7-8-18(23)26-15)9-5-3-4-6-10-25-19-16(21)11-14(20)12-17(19)22;/h7-8,11-12H,3-6,9-10,13H2,1-2H3;1H/q+1;/p-1. The van der Waals surface area contributed by atoms with Crippen molar-refractivity contribution in [3.8, 4) is 5.75 Å². The molecule has 0 amide bonds. The molecule has 0 atom stereocenters. The summed E-state index contributed by atoms with van der Waals surface area (Å²) < 4.78 is 16.2. The highest BCUT2D eigenvalue weighted by Crippen LogP contribution is 2.36. The highest BCUT2D eigenvalue weighted by atomic mass is 79.9. The van der Waals surface area contributed by atoms with E-state index >= 15 is 0 Å². The maximum absolute atomic E-state index is 5.92. The fourth-order valence-corrected chi connectivity index (χ4v) is 5.60. The van der Waals surface area contributed by atoms with Crippen LogP contribution in [0.2, 0.25) is 0 Å². The first-order chi connectivity index (χ1) is 12.3. The largest absolute Gasteiger partial charge is 1.00 e. The van der Waals surface area contributed by atoms with Crippen LogP contribution in [-0.4, -0.2) is 31.7 Å². The van der Waals surface area contributed by atoms with Crippen LogP contribution in [0.25, 0.3) is 0 Å². The lowest BCUT2D eigenvalue weighted by Crippen LogP contribution is -3.00. The smallest absolute Gasteiger partial charge is 0.169 e. The molecule has 0 saturated carbocycles. The van der Waals surface area contributed by atoms with Crippen molar-refractivity contribution < 1.29 is 30.6 Å². The zero-order valence-electron chi connectivity index (χ0n) is 15.4. The van der Waals surface area contributed by atoms with E-state index in [4.69, 9.17) is 9.15 Å². The normalized spacial score (nSPS) is 11.3. The van der Waals surface area contributed by atoms with E-state index in [0.717, 1.165) is 60.2 Å². The first-order valence-electron chi connectivity index (χ1n) is 8.60. The second-order valence-corrected chi connectivity index (χ2v) is 10.4. The van der Waals surface area contributed by atoms with Crippen LogP contribution in [-0.2, 0) is 6.54 Å². The van der Waals surface area contributed by atoms with Crippen molar-refractivity contribution in [1.82, 2.24) is 0 Å². The predicted octanol–water partition coefficient (Wildman–Crippen LogP) is 4.55. The summed E-state index contributed by atoms with van der Waals surface area (Å²) in [6, 6.07) is 7.99. The summed E-state index contributed by atoms with van der Waals surface area (Å²) in [5.41, 5.74) is 0. The van der Waals surface area contributed by atoms with Crippen molar-refractivity contribution in [3.63, 3.8) is 0 Å². The number of quaternary nitrogens is 1. The fourth-order valence-electron chi connectivity index (χ4n) is 2.77. The summed E-state index contributed by atoms with van der Waals surface area (Å²) in [6.45, 7) is 2.79. The van der Waals surface area contributed by atoms with E-state index < -0.39 is 0 Å². The van der Waals surface area contributed by atoms with Crippen molar-refractivity contribution in [2.24, 2.45) is 0 Å². The second kappa shape index (κ2) is 12.4. The van der Waals surface area contributed by atoms with Gasteiger partial charge in [0.05, 0.1) is 36.2 Å². The summed E-state index contributed by atoms with van der Waals surface area (Å²) in [6.07, 6.45) is 4.67. The first kappa shape index (κ1) is 25.7. The van der Waals surface area contributed by atoms with Crippen LogP contribution < -0.4 is 21.7 Å². The van der Waals surface area contributed by atoms with Crippen molar-refractivity contribution in [1.29, 1.82) is 0 Å². The first-order valence-corrected chi connectivity index (χ1v) is 11.8. The molecule has 1 heterocycles. The molecule has 2 aromatic rings. The van der Waals surface area contributed by atoms with Gasteiger partial charge in [0, 0.05) is 4.47 Å². The lowest BCUT2D eigenvalue weighted by Gasteiger charge is -2.28. The summed E-state index contributed by atoms with van der Waals surface area (Å²) in [4.78, 5) is 0. The average molecular weight is 698 g/mol. The summed E-state index contributed by atoms with van der Waals surface area (Å²) in [7, 11) is 4.50. The Bertz CT molecular complexity index is 695. The number of unbranched alkanes of at least 4 members (excludes halogenated alkanes) is 3. The molecule has 0 aliphatic rings. The maximum atomic E-state index is 5.92. The van der Waals surface area contributed by atoms with Gasteiger partial charge in [0.25, 0.3) is 0 Å². The van der Waals surface area contributed by atoms with E-state index in [1.807, 2.05) is 24.3 Å². The Morgan fingerprint density at radius 3 is 2.15 bits per heavy atom. The molecule has 2 rings (SSSR count). The number of ether oxygens (including phenoxy) is 1. The summed E-state index contributed by atoms with van der Waals surface area (Å²) >= 11 is 13.9. The third-order valence-corrected chi connectivity index (χ3v) is 6.14. The van der Waals surface area contributed by atoms with Gasteiger partial charge >= 0.3 is 0 Å². The van der Waals surface area contributed by atoms with Crippen molar-refractivity contribution in [2.45, 2.75) is 32.2 Å². The minimum atomic E-state index is 0. The Morgan fingerprint density at radius 2 is 1.56 bits per heavy atom. The van der Waals surface area contributed by atoms with Crippen LogP contribution in [0.4, 0.5) is 0 Å². The molecule has 0 N–H and O–H groups in total. The van der Waals surface area contributed by atoms with Gasteiger partial charge in [-0.25, -0.2) is 0 Å². The van der Waals surface area contributed by atoms with Crippen LogP contribution in [0.1, 0.15) is 31.4 Å². The molecule has 0 saturated heterocycles. The van der Waals surface area contributed by atoms with Gasteiger partial charge in [0.2, 0.25) is 0 Å². The monoisotopic (exact) mass is 693 g/mol. The van der Waals surface area contributed by atoms with Gasteiger partial charge < -0.3 is 30.6 Å². The molecule has 0 unspecified atom stereocenters. The Morgan fingerprint density at radius 1 is 0.926 bits per heavy atom. The van der Waals surface area contributed by atoms with E-state index in [-0.39, 0.29) is 17.0 Å². The zero-order valence-corrected chi connectivity index (χ0v) is 23.3. The number of nitrogens with zero attached hydrogens (tertiary/aromatic N) is 1. The lowest BCUT2D eigenvalue weighted by molar-refractivity contribution is -0.904.